The van der Waals surface area contributed by atoms with Crippen LogP contribution in [0.25, 0.3) is 5.65 Å². The van der Waals surface area contributed by atoms with Crippen molar-refractivity contribution in [3.8, 4) is 0 Å². The van der Waals surface area contributed by atoms with E-state index >= 15 is 0 Å². The van der Waals surface area contributed by atoms with Crippen molar-refractivity contribution in [2.24, 2.45) is 0 Å². The molecule has 6 nitrogen and oxygen atoms in total. The highest BCUT2D eigenvalue weighted by atomic mass is 35.5. The van der Waals surface area contributed by atoms with E-state index < -0.39 is 0 Å². The number of hydrogen-bond donors (Lipinski definition) is 0. The number of aromatic nitrogens is 3. The molecular formula is C12H10Cl2N4O2S. The molecule has 0 N–H and O–H groups in total. The van der Waals surface area contributed by atoms with Crippen molar-refractivity contribution < 1.29 is 9.59 Å². The van der Waals surface area contributed by atoms with Crippen LogP contribution in [0.3, 0.4) is 0 Å². The summed E-state index contributed by atoms with van der Waals surface area (Å²) in [6.45, 7) is 0.496. The van der Waals surface area contributed by atoms with Gasteiger partial charge in [-0.05, 0) is 12.5 Å². The maximum atomic E-state index is 12.0. The number of carbonyl (C=O) groups is 2. The first-order valence-electron chi connectivity index (χ1n) is 6.22. The van der Waals surface area contributed by atoms with E-state index in [0.29, 0.717) is 33.8 Å². The van der Waals surface area contributed by atoms with Crippen LogP contribution in [0.5, 0.6) is 0 Å². The van der Waals surface area contributed by atoms with Crippen molar-refractivity contribution >= 4 is 52.4 Å². The zero-order chi connectivity index (χ0) is 15.0. The van der Waals surface area contributed by atoms with Gasteiger partial charge in [0.25, 0.3) is 0 Å². The van der Waals surface area contributed by atoms with E-state index in [2.05, 4.69) is 10.2 Å². The standard InChI is InChI=1S/C12H10Cl2N4O2S/c13-7-4-8(14)11-15-16-12(18(11)5-7)21-6-10(20)17-3-1-2-9(17)19/h4-5H,1-3,6H2. The summed E-state index contributed by atoms with van der Waals surface area (Å²) < 4.78 is 1.63. The quantitative estimate of drug-likeness (QED) is 0.799. The lowest BCUT2D eigenvalue weighted by atomic mass is 10.4. The summed E-state index contributed by atoms with van der Waals surface area (Å²) in [7, 11) is 0. The van der Waals surface area contributed by atoms with Gasteiger partial charge < -0.3 is 0 Å². The van der Waals surface area contributed by atoms with Gasteiger partial charge in [-0.2, -0.15) is 0 Å². The Balaban J connectivity index is 1.76. The Morgan fingerprint density at radius 1 is 1.38 bits per heavy atom. The van der Waals surface area contributed by atoms with Gasteiger partial charge in [-0.15, -0.1) is 10.2 Å². The highest BCUT2D eigenvalue weighted by Gasteiger charge is 2.26. The molecular weight excluding hydrogens is 335 g/mol. The molecule has 3 rings (SSSR count). The molecule has 3 heterocycles. The molecule has 2 aromatic rings. The fourth-order valence-corrected chi connectivity index (χ4v) is 3.41. The summed E-state index contributed by atoms with van der Waals surface area (Å²) in [6.07, 6.45) is 2.81. The van der Waals surface area contributed by atoms with E-state index in [0.717, 1.165) is 6.42 Å². The van der Waals surface area contributed by atoms with E-state index in [1.165, 1.54) is 16.7 Å². The van der Waals surface area contributed by atoms with Gasteiger partial charge in [-0.25, -0.2) is 0 Å². The molecule has 0 bridgehead atoms. The molecule has 0 aliphatic carbocycles. The summed E-state index contributed by atoms with van der Waals surface area (Å²) in [5, 5.41) is 9.31. The molecule has 2 amide bonds. The minimum absolute atomic E-state index is 0.113. The van der Waals surface area contributed by atoms with E-state index in [1.54, 1.807) is 16.7 Å². The van der Waals surface area contributed by atoms with Crippen molar-refractivity contribution in [2.45, 2.75) is 18.0 Å². The number of hydrogen-bond acceptors (Lipinski definition) is 5. The van der Waals surface area contributed by atoms with Crippen LogP contribution in [0.15, 0.2) is 17.4 Å². The molecule has 0 radical (unpaired) electrons. The lowest BCUT2D eigenvalue weighted by molar-refractivity contribution is -0.140. The minimum Gasteiger partial charge on any atom is -0.282 e. The van der Waals surface area contributed by atoms with Gasteiger partial charge in [0.2, 0.25) is 11.8 Å². The molecule has 110 valence electrons. The monoisotopic (exact) mass is 344 g/mol. The summed E-state index contributed by atoms with van der Waals surface area (Å²) in [5.41, 5.74) is 0.480. The van der Waals surface area contributed by atoms with E-state index in [1.807, 2.05) is 0 Å². The van der Waals surface area contributed by atoms with Crippen LogP contribution in [0, 0.1) is 0 Å². The number of pyridine rings is 1. The Kier molecular flexibility index (Phi) is 4.05. The number of rotatable bonds is 3. The van der Waals surface area contributed by atoms with Crippen molar-refractivity contribution in [2.75, 3.05) is 12.3 Å². The normalized spacial score (nSPS) is 15.1. The number of likely N-dealkylation sites (tertiary alicyclic amines) is 1. The van der Waals surface area contributed by atoms with Gasteiger partial charge in [-0.1, -0.05) is 35.0 Å². The number of fused-ring (bicyclic) bond motifs is 1. The number of amides is 2. The molecule has 21 heavy (non-hydrogen) atoms. The van der Waals surface area contributed by atoms with Gasteiger partial charge >= 0.3 is 0 Å². The van der Waals surface area contributed by atoms with Crippen LogP contribution < -0.4 is 0 Å². The molecule has 0 atom stereocenters. The molecule has 0 spiro atoms. The van der Waals surface area contributed by atoms with Crippen LogP contribution in [0.2, 0.25) is 10.0 Å². The zero-order valence-corrected chi connectivity index (χ0v) is 13.1. The third-order valence-corrected chi connectivity index (χ3v) is 4.51. The largest absolute Gasteiger partial charge is 0.282 e. The van der Waals surface area contributed by atoms with Crippen molar-refractivity contribution in [1.29, 1.82) is 0 Å². The van der Waals surface area contributed by atoms with Gasteiger partial charge in [0.15, 0.2) is 10.8 Å². The first-order valence-corrected chi connectivity index (χ1v) is 7.96. The Morgan fingerprint density at radius 3 is 2.90 bits per heavy atom. The van der Waals surface area contributed by atoms with Crippen LogP contribution >= 0.6 is 35.0 Å². The van der Waals surface area contributed by atoms with Crippen LogP contribution in [-0.2, 0) is 9.59 Å². The number of nitrogens with zero attached hydrogens (tertiary/aromatic N) is 4. The highest BCUT2D eigenvalue weighted by Crippen LogP contribution is 2.25. The molecule has 1 saturated heterocycles. The Hall–Kier alpha value is -1.31. The van der Waals surface area contributed by atoms with Gasteiger partial charge in [0.1, 0.15) is 0 Å². The van der Waals surface area contributed by atoms with Crippen molar-refractivity contribution in [3.05, 3.63) is 22.3 Å². The number of imide groups is 1. The molecule has 0 aromatic carbocycles. The fraction of sp³-hybridized carbons (Fsp3) is 0.333. The van der Waals surface area contributed by atoms with Crippen LogP contribution in [-0.4, -0.2) is 43.6 Å². The topological polar surface area (TPSA) is 67.6 Å². The summed E-state index contributed by atoms with van der Waals surface area (Å²) in [6, 6.07) is 1.58. The van der Waals surface area contributed by atoms with Gasteiger partial charge in [-0.3, -0.25) is 18.9 Å². The first-order chi connectivity index (χ1) is 10.1. The molecule has 0 saturated carbocycles. The molecule has 1 aliphatic rings. The maximum Gasteiger partial charge on any atom is 0.239 e. The SMILES string of the molecule is O=C1CCCN1C(=O)CSc1nnc2c(Cl)cc(Cl)cn12. The van der Waals surface area contributed by atoms with E-state index in [4.69, 9.17) is 23.2 Å². The second kappa shape index (κ2) is 5.82. The van der Waals surface area contributed by atoms with Gasteiger partial charge in [0, 0.05) is 19.2 Å². The number of halogens is 2. The molecule has 1 fully saturated rings. The fourth-order valence-electron chi connectivity index (χ4n) is 2.12. The minimum atomic E-state index is -0.215. The molecule has 9 heteroatoms. The average molecular weight is 345 g/mol. The highest BCUT2D eigenvalue weighted by molar-refractivity contribution is 7.99. The second-order valence-corrected chi connectivity index (χ2v) is 6.30. The van der Waals surface area contributed by atoms with Crippen molar-refractivity contribution in [3.63, 3.8) is 0 Å². The lowest BCUT2D eigenvalue weighted by Crippen LogP contribution is -2.33. The predicted molar refractivity (Wildman–Crippen MR) is 79.7 cm³/mol. The van der Waals surface area contributed by atoms with E-state index in [9.17, 15) is 9.59 Å². The smallest absolute Gasteiger partial charge is 0.239 e. The Morgan fingerprint density at radius 2 is 2.19 bits per heavy atom. The number of carbonyl (C=O) groups excluding carboxylic acids is 2. The Labute approximate surface area is 134 Å². The van der Waals surface area contributed by atoms with Crippen LogP contribution in [0.1, 0.15) is 12.8 Å². The maximum absolute atomic E-state index is 12.0. The zero-order valence-electron chi connectivity index (χ0n) is 10.8. The first kappa shape index (κ1) is 14.6. The summed E-state index contributed by atoms with van der Waals surface area (Å²) in [5.74, 6) is -0.207. The van der Waals surface area contributed by atoms with Crippen LogP contribution in [0.4, 0.5) is 0 Å². The predicted octanol–water partition coefficient (Wildman–Crippen LogP) is 2.28. The number of thioether (sulfide) groups is 1. The summed E-state index contributed by atoms with van der Waals surface area (Å²) >= 11 is 13.2. The summed E-state index contributed by atoms with van der Waals surface area (Å²) in [4.78, 5) is 24.8. The van der Waals surface area contributed by atoms with E-state index in [-0.39, 0.29) is 17.6 Å². The Bertz CT molecular complexity index is 733. The van der Waals surface area contributed by atoms with Crippen molar-refractivity contribution in [1.82, 2.24) is 19.5 Å². The van der Waals surface area contributed by atoms with Gasteiger partial charge in [0.05, 0.1) is 15.8 Å². The third-order valence-electron chi connectivity index (χ3n) is 3.09. The molecule has 0 unspecified atom stereocenters. The second-order valence-electron chi connectivity index (χ2n) is 4.51. The molecule has 2 aromatic heterocycles. The average Bonchev–Trinajstić information content (AvgIpc) is 3.02. The molecule has 1 aliphatic heterocycles. The third kappa shape index (κ3) is 2.86. The lowest BCUT2D eigenvalue weighted by Gasteiger charge is -2.12.